The largest absolute Gasteiger partial charge is 0.437 e. The van der Waals surface area contributed by atoms with E-state index in [-0.39, 0.29) is 0 Å². The molecule has 0 bridgehead atoms. The highest BCUT2D eigenvalue weighted by Gasteiger charge is 2.45. The van der Waals surface area contributed by atoms with E-state index in [1.54, 1.807) is 0 Å². The van der Waals surface area contributed by atoms with E-state index >= 15 is 0 Å². The Morgan fingerprint density at radius 1 is 0.344 bits per heavy atom. The molecule has 0 aliphatic heterocycles. The highest BCUT2D eigenvalue weighted by atomic mass is 28.5. The van der Waals surface area contributed by atoms with E-state index in [4.69, 9.17) is 28.8 Å². The van der Waals surface area contributed by atoms with Gasteiger partial charge in [0.25, 0.3) is 0 Å². The van der Waals surface area contributed by atoms with Crippen LogP contribution in [0.25, 0.3) is 0 Å². The lowest BCUT2D eigenvalue weighted by Gasteiger charge is -2.41. The van der Waals surface area contributed by atoms with Crippen molar-refractivity contribution in [2.24, 2.45) is 0 Å². The Bertz CT molecular complexity index is 601. The molecule has 0 aliphatic carbocycles. The summed E-state index contributed by atoms with van der Waals surface area (Å²) in [6.45, 7) is 36.1. The van der Waals surface area contributed by atoms with Crippen LogP contribution in [0.4, 0.5) is 0 Å². The fourth-order valence-corrected chi connectivity index (χ4v) is 38.9. The molecule has 0 unspecified atom stereocenters. The molecule has 0 atom stereocenters. The quantitative estimate of drug-likeness (QED) is 0.217. The first-order valence-electron chi connectivity index (χ1n) is 11.4. The molecule has 1 radical (unpaired) electrons. The van der Waals surface area contributed by atoms with Crippen LogP contribution in [0.3, 0.4) is 0 Å². The van der Waals surface area contributed by atoms with E-state index in [1.165, 1.54) is 0 Å². The molecule has 0 aromatic heterocycles. The normalized spacial score (nSPS) is 15.6. The second-order valence-corrected chi connectivity index (χ2v) is 41.6. The second kappa shape index (κ2) is 11.2. The van der Waals surface area contributed by atoms with Crippen LogP contribution in [0.2, 0.25) is 111 Å². The maximum Gasteiger partial charge on any atom is 0.362 e. The van der Waals surface area contributed by atoms with Crippen LogP contribution in [-0.4, -0.2) is 68.7 Å². The summed E-state index contributed by atoms with van der Waals surface area (Å²) in [5, 5.41) is 0. The standard InChI is InChI=1S/C17H51O7Si8/c1-25(18-28(8,9)22-30(12,13)20-26(2,3)4)19-29(10,11)23-32(16,17)24-31(14,15)21-27(5,6)7/h1-17H3. The summed E-state index contributed by atoms with van der Waals surface area (Å²) in [5.74, 6) is 0. The number of rotatable bonds is 14. The highest BCUT2D eigenvalue weighted by Crippen LogP contribution is 2.26. The summed E-state index contributed by atoms with van der Waals surface area (Å²) in [6.07, 6.45) is 0. The molecular weight excluding hydrogens is 541 g/mol. The first kappa shape index (κ1) is 33.5. The van der Waals surface area contributed by atoms with Crippen LogP contribution in [0.15, 0.2) is 0 Å². The molecule has 0 amide bonds. The Labute approximate surface area is 208 Å². The Morgan fingerprint density at radius 3 is 0.812 bits per heavy atom. The maximum atomic E-state index is 6.54. The maximum absolute atomic E-state index is 6.54. The Morgan fingerprint density at radius 2 is 0.562 bits per heavy atom. The van der Waals surface area contributed by atoms with Crippen molar-refractivity contribution in [3.63, 3.8) is 0 Å². The van der Waals surface area contributed by atoms with Crippen molar-refractivity contribution in [3.8, 4) is 0 Å². The molecule has 0 aliphatic rings. The fourth-order valence-electron chi connectivity index (χ4n) is 4.07. The molecule has 0 heterocycles. The fraction of sp³-hybridized carbons (Fsp3) is 1.00. The molecule has 0 fully saturated rings. The van der Waals surface area contributed by atoms with E-state index < -0.39 is 68.7 Å². The molecule has 15 heteroatoms. The SMILES string of the molecule is C[Si](O[Si](C)(C)O[Si](C)(C)O[Si](C)(C)C)O[Si](C)(C)O[Si](C)(C)O[Si](C)(C)O[Si](C)(C)C. The predicted octanol–water partition coefficient (Wildman–Crippen LogP) is 6.40. The topological polar surface area (TPSA) is 64.6 Å². The van der Waals surface area contributed by atoms with Crippen molar-refractivity contribution >= 4 is 68.7 Å². The van der Waals surface area contributed by atoms with E-state index in [2.05, 4.69) is 105 Å². The molecule has 0 aromatic carbocycles. The van der Waals surface area contributed by atoms with Crippen molar-refractivity contribution in [1.82, 2.24) is 0 Å². The number of hydrogen-bond acceptors (Lipinski definition) is 7. The van der Waals surface area contributed by atoms with Gasteiger partial charge in [-0.15, -0.1) is 0 Å². The molecule has 0 N–H and O–H groups in total. The third-order valence-corrected chi connectivity index (χ3v) is 30.2. The summed E-state index contributed by atoms with van der Waals surface area (Å²) in [7, 11) is -16.8. The van der Waals surface area contributed by atoms with Crippen LogP contribution >= 0.6 is 0 Å². The van der Waals surface area contributed by atoms with Crippen LogP contribution in [0, 0.1) is 0 Å². The second-order valence-electron chi connectivity index (χ2n) is 12.4. The lowest BCUT2D eigenvalue weighted by molar-refractivity contribution is 0.277. The first-order valence-corrected chi connectivity index (χ1v) is 34.1. The van der Waals surface area contributed by atoms with Gasteiger partial charge in [-0.05, 0) is 111 Å². The zero-order valence-corrected chi connectivity index (χ0v) is 31.9. The van der Waals surface area contributed by atoms with Crippen molar-refractivity contribution in [1.29, 1.82) is 0 Å². The Hall–Kier alpha value is 1.46. The van der Waals surface area contributed by atoms with Gasteiger partial charge in [0.05, 0.1) is 0 Å². The van der Waals surface area contributed by atoms with Crippen molar-refractivity contribution in [2.45, 2.75) is 111 Å². The van der Waals surface area contributed by atoms with Gasteiger partial charge in [0.1, 0.15) is 0 Å². The van der Waals surface area contributed by atoms with Gasteiger partial charge in [-0.25, -0.2) is 0 Å². The Balaban J connectivity index is 5.04. The van der Waals surface area contributed by atoms with E-state index in [0.717, 1.165) is 0 Å². The zero-order valence-electron chi connectivity index (χ0n) is 23.9. The minimum atomic E-state index is -2.47. The summed E-state index contributed by atoms with van der Waals surface area (Å²) in [4.78, 5) is 0. The molecule has 0 saturated carbocycles. The summed E-state index contributed by atoms with van der Waals surface area (Å²) in [6, 6.07) is 0. The predicted molar refractivity (Wildman–Crippen MR) is 153 cm³/mol. The van der Waals surface area contributed by atoms with Crippen LogP contribution in [0.1, 0.15) is 0 Å². The average Bonchev–Trinajstić information content (AvgIpc) is 2.22. The minimum Gasteiger partial charge on any atom is -0.437 e. The number of hydrogen-bond donors (Lipinski definition) is 0. The van der Waals surface area contributed by atoms with Gasteiger partial charge in [0, 0.05) is 0 Å². The summed E-state index contributed by atoms with van der Waals surface area (Å²) < 4.78 is 45.0. The van der Waals surface area contributed by atoms with E-state index in [1.807, 2.05) is 6.55 Å². The smallest absolute Gasteiger partial charge is 0.362 e. The Kier molecular flexibility index (Phi) is 11.7. The molecule has 32 heavy (non-hydrogen) atoms. The van der Waals surface area contributed by atoms with Gasteiger partial charge in [0.2, 0.25) is 0 Å². The van der Waals surface area contributed by atoms with Crippen molar-refractivity contribution in [3.05, 3.63) is 0 Å². The van der Waals surface area contributed by atoms with Gasteiger partial charge in [-0.2, -0.15) is 0 Å². The molecule has 193 valence electrons. The average molecular weight is 592 g/mol. The van der Waals surface area contributed by atoms with Gasteiger partial charge in [0.15, 0.2) is 16.6 Å². The highest BCUT2D eigenvalue weighted by molar-refractivity contribution is 6.90. The van der Waals surface area contributed by atoms with Crippen molar-refractivity contribution < 1.29 is 28.8 Å². The lowest BCUT2D eigenvalue weighted by Crippen LogP contribution is -2.58. The third kappa shape index (κ3) is 17.0. The van der Waals surface area contributed by atoms with Gasteiger partial charge in [-0.3, -0.25) is 0 Å². The lowest BCUT2D eigenvalue weighted by atomic mass is 11.8. The van der Waals surface area contributed by atoms with Crippen molar-refractivity contribution in [2.75, 3.05) is 0 Å². The van der Waals surface area contributed by atoms with E-state index in [0.29, 0.717) is 0 Å². The minimum absolute atomic E-state index is 1.56. The van der Waals surface area contributed by atoms with Crippen LogP contribution in [0.5, 0.6) is 0 Å². The molecule has 0 aromatic rings. The summed E-state index contributed by atoms with van der Waals surface area (Å²) in [5.41, 5.74) is 0. The monoisotopic (exact) mass is 591 g/mol. The molecule has 0 saturated heterocycles. The molecule has 7 nitrogen and oxygen atoms in total. The van der Waals surface area contributed by atoms with E-state index in [9.17, 15) is 0 Å². The molecule has 0 spiro atoms. The van der Waals surface area contributed by atoms with Gasteiger partial charge >= 0.3 is 52.1 Å². The zero-order chi connectivity index (χ0) is 26.0. The van der Waals surface area contributed by atoms with Gasteiger partial charge in [-0.1, -0.05) is 0 Å². The summed E-state index contributed by atoms with van der Waals surface area (Å²) >= 11 is 0. The molecule has 0 rings (SSSR count). The van der Waals surface area contributed by atoms with Gasteiger partial charge < -0.3 is 28.8 Å². The van der Waals surface area contributed by atoms with Crippen LogP contribution < -0.4 is 0 Å². The van der Waals surface area contributed by atoms with Crippen LogP contribution in [-0.2, 0) is 28.8 Å². The third-order valence-electron chi connectivity index (χ3n) is 3.36. The first-order chi connectivity index (χ1) is 13.6. The molecular formula is C17H51O7Si8.